The second kappa shape index (κ2) is 5.24. The molecule has 2 N–H and O–H groups in total. The molecule has 0 aliphatic heterocycles. The van der Waals surface area contributed by atoms with Crippen molar-refractivity contribution >= 4 is 11.7 Å². The molecule has 1 unspecified atom stereocenters. The molecule has 0 bridgehead atoms. The Balaban J connectivity index is 2.73. The number of carboxylic acids is 1. The van der Waals surface area contributed by atoms with Crippen molar-refractivity contribution in [1.82, 2.24) is 0 Å². The summed E-state index contributed by atoms with van der Waals surface area (Å²) >= 11 is 0. The number of hydrogen-bond acceptors (Lipinski definition) is 2. The first-order valence-electron chi connectivity index (χ1n) is 5.01. The third-order valence-electron chi connectivity index (χ3n) is 2.38. The van der Waals surface area contributed by atoms with Gasteiger partial charge in [-0.1, -0.05) is 6.07 Å². The fourth-order valence-electron chi connectivity index (χ4n) is 1.27. The summed E-state index contributed by atoms with van der Waals surface area (Å²) in [5.41, 5.74) is 0.458. The van der Waals surface area contributed by atoms with Gasteiger partial charge in [-0.3, -0.25) is 4.79 Å². The highest BCUT2D eigenvalue weighted by molar-refractivity contribution is 5.71. The molecule has 1 aromatic rings. The Bertz CT molecular complexity index is 445. The number of nitrogens with one attached hydrogen (secondary N) is 1. The average Bonchev–Trinajstić information content (AvgIpc) is 2.21. The Labute approximate surface area is 100 Å². The largest absolute Gasteiger partial charge is 0.481 e. The van der Waals surface area contributed by atoms with Crippen molar-refractivity contribution in [3.63, 3.8) is 0 Å². The maximum atomic E-state index is 13.1. The van der Waals surface area contributed by atoms with Crippen LogP contribution in [0.4, 0.5) is 23.2 Å². The molecule has 1 aromatic carbocycles. The molecule has 0 saturated heterocycles. The van der Waals surface area contributed by atoms with Gasteiger partial charge in [-0.05, 0) is 24.6 Å². The molecule has 0 radical (unpaired) electrons. The smallest absolute Gasteiger partial charge is 0.403 e. The van der Waals surface area contributed by atoms with Crippen molar-refractivity contribution < 1.29 is 27.5 Å². The van der Waals surface area contributed by atoms with E-state index < -0.39 is 30.4 Å². The first kappa shape index (κ1) is 14.3. The number of halogens is 4. The number of aryl methyl sites for hydroxylation is 1. The van der Waals surface area contributed by atoms with Gasteiger partial charge < -0.3 is 10.4 Å². The van der Waals surface area contributed by atoms with Gasteiger partial charge in [0.1, 0.15) is 5.82 Å². The summed E-state index contributed by atoms with van der Waals surface area (Å²) in [4.78, 5) is 10.5. The highest BCUT2D eigenvalue weighted by Crippen LogP contribution is 2.27. The van der Waals surface area contributed by atoms with Gasteiger partial charge in [0.05, 0.1) is 0 Å². The third-order valence-corrected chi connectivity index (χ3v) is 2.38. The van der Waals surface area contributed by atoms with E-state index in [9.17, 15) is 22.4 Å². The van der Waals surface area contributed by atoms with Crippen molar-refractivity contribution in [1.29, 1.82) is 0 Å². The zero-order valence-corrected chi connectivity index (χ0v) is 9.38. The molecule has 0 aromatic heterocycles. The van der Waals surface area contributed by atoms with Crippen LogP contribution in [-0.4, -0.2) is 23.8 Å². The second-order valence-corrected chi connectivity index (χ2v) is 3.78. The fourth-order valence-corrected chi connectivity index (χ4v) is 1.27. The standard InChI is InChI=1S/C11H11F4NO2/c1-6-2-3-7(4-9(6)12)16-5-8(10(17)18)11(13,14)15/h2-4,8,16H,5H2,1H3,(H,17,18). The zero-order chi connectivity index (χ0) is 13.9. The fraction of sp³-hybridized carbons (Fsp3) is 0.364. The number of aliphatic carboxylic acids is 1. The van der Waals surface area contributed by atoms with Gasteiger partial charge in [0.25, 0.3) is 0 Å². The maximum Gasteiger partial charge on any atom is 0.403 e. The quantitative estimate of drug-likeness (QED) is 0.823. The Morgan fingerprint density at radius 1 is 1.44 bits per heavy atom. The summed E-state index contributed by atoms with van der Waals surface area (Å²) in [6, 6.07) is 3.79. The number of carbonyl (C=O) groups is 1. The van der Waals surface area contributed by atoms with Crippen molar-refractivity contribution in [2.75, 3.05) is 11.9 Å². The molecular formula is C11H11F4NO2. The molecule has 0 saturated carbocycles. The van der Waals surface area contributed by atoms with Gasteiger partial charge in [-0.2, -0.15) is 13.2 Å². The van der Waals surface area contributed by atoms with Crippen molar-refractivity contribution in [2.45, 2.75) is 13.1 Å². The van der Waals surface area contributed by atoms with E-state index in [1.54, 1.807) is 0 Å². The van der Waals surface area contributed by atoms with Crippen LogP contribution in [0.1, 0.15) is 5.56 Å². The number of carboxylic acid groups (broad SMARTS) is 1. The molecular weight excluding hydrogens is 254 g/mol. The van der Waals surface area contributed by atoms with E-state index in [0.717, 1.165) is 6.07 Å². The summed E-state index contributed by atoms with van der Waals surface area (Å²) < 4.78 is 50.1. The van der Waals surface area contributed by atoms with Gasteiger partial charge in [0, 0.05) is 12.2 Å². The van der Waals surface area contributed by atoms with E-state index in [0.29, 0.717) is 5.56 Å². The van der Waals surface area contributed by atoms with E-state index in [2.05, 4.69) is 5.32 Å². The Morgan fingerprint density at radius 2 is 2.06 bits per heavy atom. The minimum atomic E-state index is -4.85. The first-order valence-corrected chi connectivity index (χ1v) is 5.01. The molecule has 0 amide bonds. The van der Waals surface area contributed by atoms with Gasteiger partial charge >= 0.3 is 12.1 Å². The summed E-state index contributed by atoms with van der Waals surface area (Å²) in [6.07, 6.45) is -4.85. The lowest BCUT2D eigenvalue weighted by atomic mass is 10.1. The molecule has 0 spiro atoms. The van der Waals surface area contributed by atoms with E-state index in [1.807, 2.05) is 0 Å². The minimum absolute atomic E-state index is 0.105. The van der Waals surface area contributed by atoms with Crippen LogP contribution in [0.15, 0.2) is 18.2 Å². The molecule has 0 heterocycles. The molecule has 3 nitrogen and oxygen atoms in total. The molecule has 18 heavy (non-hydrogen) atoms. The monoisotopic (exact) mass is 265 g/mol. The van der Waals surface area contributed by atoms with E-state index in [1.165, 1.54) is 19.1 Å². The topological polar surface area (TPSA) is 49.3 Å². The Morgan fingerprint density at radius 3 is 2.50 bits per heavy atom. The molecule has 1 rings (SSSR count). The number of rotatable bonds is 4. The van der Waals surface area contributed by atoms with Crippen molar-refractivity contribution in [3.05, 3.63) is 29.6 Å². The van der Waals surface area contributed by atoms with Crippen molar-refractivity contribution in [2.24, 2.45) is 5.92 Å². The van der Waals surface area contributed by atoms with Crippen LogP contribution in [0.5, 0.6) is 0 Å². The van der Waals surface area contributed by atoms with E-state index in [4.69, 9.17) is 5.11 Å². The molecule has 0 aliphatic rings. The van der Waals surface area contributed by atoms with Gasteiger partial charge in [0.2, 0.25) is 0 Å². The van der Waals surface area contributed by atoms with Crippen LogP contribution in [0.2, 0.25) is 0 Å². The molecule has 0 aliphatic carbocycles. The lowest BCUT2D eigenvalue weighted by Gasteiger charge is -2.17. The normalized spacial score (nSPS) is 13.2. The van der Waals surface area contributed by atoms with Crippen LogP contribution < -0.4 is 5.32 Å². The SMILES string of the molecule is Cc1ccc(NCC(C(=O)O)C(F)(F)F)cc1F. The minimum Gasteiger partial charge on any atom is -0.481 e. The maximum absolute atomic E-state index is 13.1. The van der Waals surface area contributed by atoms with Crippen LogP contribution in [0, 0.1) is 18.7 Å². The average molecular weight is 265 g/mol. The van der Waals surface area contributed by atoms with Gasteiger partial charge in [0.15, 0.2) is 5.92 Å². The number of hydrogen-bond donors (Lipinski definition) is 2. The summed E-state index contributed by atoms with van der Waals surface area (Å²) in [7, 11) is 0. The van der Waals surface area contributed by atoms with E-state index >= 15 is 0 Å². The molecule has 100 valence electrons. The van der Waals surface area contributed by atoms with Crippen LogP contribution >= 0.6 is 0 Å². The predicted molar refractivity (Wildman–Crippen MR) is 56.8 cm³/mol. The first-order chi connectivity index (χ1) is 8.21. The van der Waals surface area contributed by atoms with Gasteiger partial charge in [-0.15, -0.1) is 0 Å². The van der Waals surface area contributed by atoms with E-state index in [-0.39, 0.29) is 5.69 Å². The highest BCUT2D eigenvalue weighted by Gasteiger charge is 2.44. The second-order valence-electron chi connectivity index (χ2n) is 3.78. The van der Waals surface area contributed by atoms with Crippen LogP contribution in [-0.2, 0) is 4.79 Å². The van der Waals surface area contributed by atoms with Crippen LogP contribution in [0.3, 0.4) is 0 Å². The lowest BCUT2D eigenvalue weighted by molar-refractivity contribution is -0.190. The summed E-state index contributed by atoms with van der Waals surface area (Å²) in [5.74, 6) is -5.07. The molecule has 7 heteroatoms. The van der Waals surface area contributed by atoms with Gasteiger partial charge in [-0.25, -0.2) is 4.39 Å². The molecule has 1 atom stereocenters. The predicted octanol–water partition coefficient (Wildman–Crippen LogP) is 2.81. The number of benzene rings is 1. The Hall–Kier alpha value is -1.79. The Kier molecular flexibility index (Phi) is 4.15. The zero-order valence-electron chi connectivity index (χ0n) is 9.38. The lowest BCUT2D eigenvalue weighted by Crippen LogP contribution is -2.36. The summed E-state index contributed by atoms with van der Waals surface area (Å²) in [6.45, 7) is 0.663. The number of anilines is 1. The molecule has 0 fully saturated rings. The third kappa shape index (κ3) is 3.61. The van der Waals surface area contributed by atoms with Crippen molar-refractivity contribution in [3.8, 4) is 0 Å². The number of alkyl halides is 3. The summed E-state index contributed by atoms with van der Waals surface area (Å²) in [5, 5.41) is 10.7. The van der Waals surface area contributed by atoms with Crippen LogP contribution in [0.25, 0.3) is 0 Å². The highest BCUT2D eigenvalue weighted by atomic mass is 19.4.